The molecule has 0 aliphatic rings. The maximum absolute atomic E-state index is 5.53. The molecule has 1 rings (SSSR count). The van der Waals surface area contributed by atoms with E-state index in [0.717, 1.165) is 0 Å². The Kier molecular flexibility index (Phi) is 9.38. The van der Waals surface area contributed by atoms with Crippen LogP contribution in [0.3, 0.4) is 0 Å². The molecule has 4 heteroatoms. The van der Waals surface area contributed by atoms with Gasteiger partial charge in [-0.05, 0) is 5.56 Å². The molecule has 0 atom stereocenters. The zero-order chi connectivity index (χ0) is 8.53. The molecule has 0 radical (unpaired) electrons. The predicted octanol–water partition coefficient (Wildman–Crippen LogP) is 3.80. The molecule has 0 nitrogen and oxygen atoms in total. The zero-order valence-corrected chi connectivity index (χ0v) is 11.2. The molecule has 0 unspecified atom stereocenters. The fourth-order valence-corrected chi connectivity index (χ4v) is 0.745. The second kappa shape index (κ2) is 8.81. The van der Waals surface area contributed by atoms with Gasteiger partial charge in [-0.3, -0.25) is 0 Å². The molecule has 0 bridgehead atoms. The Bertz CT molecular complexity index is 167. The molecule has 0 aromatic heterocycles. The van der Waals surface area contributed by atoms with Crippen LogP contribution in [0.15, 0.2) is 30.3 Å². The van der Waals surface area contributed by atoms with Gasteiger partial charge in [0, 0.05) is 5.88 Å². The summed E-state index contributed by atoms with van der Waals surface area (Å²) in [4.78, 5) is 0. The summed E-state index contributed by atoms with van der Waals surface area (Å²) in [5.74, 6) is 0.612. The molecule has 0 amide bonds. The normalized spacial score (nSPS) is 7.55. The van der Waals surface area contributed by atoms with Gasteiger partial charge < -0.3 is 0 Å². The van der Waals surface area contributed by atoms with Gasteiger partial charge in [0.05, 0.1) is 0 Å². The van der Waals surface area contributed by atoms with Gasteiger partial charge in [0.1, 0.15) is 0 Å². The Morgan fingerprint density at radius 2 is 1.55 bits per heavy atom. The van der Waals surface area contributed by atoms with Gasteiger partial charge in [0.2, 0.25) is 0 Å². The van der Waals surface area contributed by atoms with E-state index < -0.39 is 15.1 Å². The molecule has 0 N–H and O–H groups in total. The average molecular weight is 263 g/mol. The summed E-state index contributed by atoms with van der Waals surface area (Å²) in [5.41, 5.74) is 1.18. The first-order chi connectivity index (χ1) is 5.35. The van der Waals surface area contributed by atoms with Crippen molar-refractivity contribution >= 4 is 31.0 Å². The average Bonchev–Trinajstić information content (AvgIpc) is 2.08. The van der Waals surface area contributed by atoms with E-state index in [1.165, 1.54) is 5.56 Å². The first-order valence-corrected chi connectivity index (χ1v) is 11.4. The van der Waals surface area contributed by atoms with Crippen molar-refractivity contribution in [2.24, 2.45) is 0 Å². The number of halogens is 3. The van der Waals surface area contributed by atoms with E-state index in [1.54, 1.807) is 0 Å². The van der Waals surface area contributed by atoms with Crippen LogP contribution in [0.25, 0.3) is 0 Å². The molecule has 58 valence electrons. The molecule has 0 aliphatic heterocycles. The molecule has 0 aliphatic carbocycles. The van der Waals surface area contributed by atoms with Gasteiger partial charge in [-0.1, -0.05) is 30.3 Å². The van der Waals surface area contributed by atoms with Crippen molar-refractivity contribution in [1.29, 1.82) is 0 Å². The molecule has 0 spiro atoms. The summed E-state index contributed by atoms with van der Waals surface area (Å²) < 4.78 is 0. The third-order valence-corrected chi connectivity index (χ3v) is 1.31. The SMILES string of the molecule is ClCc1ccccc1.[Cl][Zn][Cl]. The molecule has 1 aromatic rings. The molecule has 0 heterocycles. The summed E-state index contributed by atoms with van der Waals surface area (Å²) in [6.45, 7) is 0. The van der Waals surface area contributed by atoms with Gasteiger partial charge in [-0.25, -0.2) is 0 Å². The standard InChI is InChI=1S/C7H7Cl.2ClH.Zn/c8-6-7-4-2-1-3-5-7;;;/h1-5H,6H2;2*1H;/q;;;+2/p-2. The van der Waals surface area contributed by atoms with E-state index in [0.29, 0.717) is 5.88 Å². The molecule has 0 saturated carbocycles. The van der Waals surface area contributed by atoms with Gasteiger partial charge in [0.15, 0.2) is 0 Å². The quantitative estimate of drug-likeness (QED) is 0.534. The van der Waals surface area contributed by atoms with Gasteiger partial charge in [-0.2, -0.15) is 0 Å². The van der Waals surface area contributed by atoms with E-state index in [4.69, 9.17) is 31.0 Å². The van der Waals surface area contributed by atoms with Crippen LogP contribution < -0.4 is 0 Å². The van der Waals surface area contributed by atoms with Gasteiger partial charge >= 0.3 is 34.5 Å². The maximum atomic E-state index is 5.53. The van der Waals surface area contributed by atoms with Crippen molar-refractivity contribution in [3.8, 4) is 0 Å². The van der Waals surface area contributed by atoms with Crippen molar-refractivity contribution < 1.29 is 15.1 Å². The number of hydrogen-bond donors (Lipinski definition) is 0. The minimum absolute atomic E-state index is 0.612. The monoisotopic (exact) mass is 260 g/mol. The van der Waals surface area contributed by atoms with E-state index >= 15 is 0 Å². The van der Waals surface area contributed by atoms with Crippen LogP contribution in [0.4, 0.5) is 0 Å². The van der Waals surface area contributed by atoms with Gasteiger partial charge in [0.25, 0.3) is 0 Å². The van der Waals surface area contributed by atoms with Crippen LogP contribution in [-0.4, -0.2) is 0 Å². The molecule has 0 saturated heterocycles. The Hall–Kier alpha value is 0.713. The Labute approximate surface area is 87.5 Å². The number of hydrogen-bond acceptors (Lipinski definition) is 0. The fraction of sp³-hybridized carbons (Fsp3) is 0.143. The second-order valence-corrected chi connectivity index (χ2v) is 6.61. The van der Waals surface area contributed by atoms with Crippen molar-refractivity contribution in [3.05, 3.63) is 35.9 Å². The first kappa shape index (κ1) is 11.7. The first-order valence-electron chi connectivity index (χ1n) is 3.07. The van der Waals surface area contributed by atoms with E-state index in [9.17, 15) is 0 Å². The topological polar surface area (TPSA) is 0 Å². The summed E-state index contributed by atoms with van der Waals surface area (Å²) in [6, 6.07) is 9.96. The molecular weight excluding hydrogens is 256 g/mol. The Morgan fingerprint density at radius 1 is 1.09 bits per heavy atom. The third-order valence-electron chi connectivity index (χ3n) is 0.997. The minimum atomic E-state index is -0.931. The number of alkyl halides is 1. The zero-order valence-electron chi connectivity index (χ0n) is 5.93. The van der Waals surface area contributed by atoms with Crippen LogP contribution in [0.1, 0.15) is 5.56 Å². The van der Waals surface area contributed by atoms with Crippen molar-refractivity contribution in [1.82, 2.24) is 0 Å². The summed E-state index contributed by atoms with van der Waals surface area (Å²) in [6.07, 6.45) is 0. The van der Waals surface area contributed by atoms with Crippen molar-refractivity contribution in [2.75, 3.05) is 0 Å². The summed E-state index contributed by atoms with van der Waals surface area (Å²) in [5, 5.41) is 0. The Balaban J connectivity index is 0.000000292. The third kappa shape index (κ3) is 7.09. The molecular formula is C7H7Cl3Zn. The number of benzene rings is 1. The summed E-state index contributed by atoms with van der Waals surface area (Å²) >= 11 is 4.60. The van der Waals surface area contributed by atoms with Crippen molar-refractivity contribution in [3.63, 3.8) is 0 Å². The van der Waals surface area contributed by atoms with E-state index in [1.807, 2.05) is 30.3 Å². The van der Waals surface area contributed by atoms with Gasteiger partial charge in [-0.15, -0.1) is 11.6 Å². The molecule has 1 aromatic carbocycles. The van der Waals surface area contributed by atoms with E-state index in [2.05, 4.69) is 0 Å². The van der Waals surface area contributed by atoms with E-state index in [-0.39, 0.29) is 0 Å². The van der Waals surface area contributed by atoms with Crippen LogP contribution in [0, 0.1) is 0 Å². The second-order valence-electron chi connectivity index (χ2n) is 1.72. The molecule has 0 fully saturated rings. The fourth-order valence-electron chi connectivity index (χ4n) is 0.567. The van der Waals surface area contributed by atoms with Crippen LogP contribution in [0.5, 0.6) is 0 Å². The van der Waals surface area contributed by atoms with Crippen LogP contribution >= 0.6 is 31.0 Å². The van der Waals surface area contributed by atoms with Crippen LogP contribution in [-0.2, 0) is 21.0 Å². The van der Waals surface area contributed by atoms with Crippen LogP contribution in [0.2, 0.25) is 0 Å². The number of rotatable bonds is 1. The Morgan fingerprint density at radius 3 is 1.82 bits per heavy atom. The van der Waals surface area contributed by atoms with Crippen molar-refractivity contribution in [2.45, 2.75) is 5.88 Å². The molecule has 11 heavy (non-hydrogen) atoms. The summed E-state index contributed by atoms with van der Waals surface area (Å²) in [7, 11) is 9.90. The predicted molar refractivity (Wildman–Crippen MR) is 47.7 cm³/mol.